The molecule has 0 saturated carbocycles. The Balaban J connectivity index is 2.17. The van der Waals surface area contributed by atoms with Crippen molar-refractivity contribution < 1.29 is 9.53 Å². The first-order valence-corrected chi connectivity index (χ1v) is 6.01. The van der Waals surface area contributed by atoms with Gasteiger partial charge in [0.05, 0.1) is 5.69 Å². The highest BCUT2D eigenvalue weighted by molar-refractivity contribution is 5.76. The maximum Gasteiger partial charge on any atom is 0.145 e. The molecule has 0 aliphatic heterocycles. The van der Waals surface area contributed by atoms with E-state index in [0.717, 1.165) is 17.0 Å². The molecule has 94 valence electrons. The molecule has 1 atom stereocenters. The molecular weight excluding hydrogens is 226 g/mol. The summed E-state index contributed by atoms with van der Waals surface area (Å²) in [6.45, 7) is 3.59. The molecule has 2 aromatic rings. The van der Waals surface area contributed by atoms with Gasteiger partial charge in [-0.3, -0.25) is 4.79 Å². The lowest BCUT2D eigenvalue weighted by molar-refractivity contribution is -0.118. The lowest BCUT2D eigenvalue weighted by atomic mass is 10.1. The number of hydrogen-bond acceptors (Lipinski definition) is 2. The molecule has 0 radical (unpaired) electrons. The molecule has 18 heavy (non-hydrogen) atoms. The summed E-state index contributed by atoms with van der Waals surface area (Å²) >= 11 is 0. The van der Waals surface area contributed by atoms with Gasteiger partial charge in [-0.15, -0.1) is 0 Å². The van der Waals surface area contributed by atoms with E-state index in [0.29, 0.717) is 6.42 Å². The van der Waals surface area contributed by atoms with Crippen molar-refractivity contribution in [3.63, 3.8) is 0 Å². The standard InChI is InChI=1S/C15H17NO2/c1-11-5-3-6-13(9-11)18-15(10-12(2)17)14-7-4-8-16-14/h3-9,15-16H,10H2,1-2H3. The normalized spacial score (nSPS) is 12.1. The van der Waals surface area contributed by atoms with E-state index in [1.165, 1.54) is 0 Å². The van der Waals surface area contributed by atoms with E-state index in [2.05, 4.69) is 4.98 Å². The third kappa shape index (κ3) is 3.23. The number of H-pyrrole nitrogens is 1. The molecule has 0 spiro atoms. The fourth-order valence-corrected chi connectivity index (χ4v) is 1.87. The van der Waals surface area contributed by atoms with E-state index in [4.69, 9.17) is 4.74 Å². The van der Waals surface area contributed by atoms with Crippen LogP contribution in [0.2, 0.25) is 0 Å². The lowest BCUT2D eigenvalue weighted by Gasteiger charge is -2.17. The summed E-state index contributed by atoms with van der Waals surface area (Å²) in [5, 5.41) is 0. The van der Waals surface area contributed by atoms with Gasteiger partial charge in [-0.05, 0) is 43.7 Å². The fourth-order valence-electron chi connectivity index (χ4n) is 1.87. The molecule has 1 N–H and O–H groups in total. The number of nitrogens with one attached hydrogen (secondary N) is 1. The van der Waals surface area contributed by atoms with Gasteiger partial charge in [-0.2, -0.15) is 0 Å². The van der Waals surface area contributed by atoms with Crippen LogP contribution < -0.4 is 4.74 Å². The molecule has 0 amide bonds. The van der Waals surface area contributed by atoms with Gasteiger partial charge in [-0.25, -0.2) is 0 Å². The van der Waals surface area contributed by atoms with Gasteiger partial charge in [0, 0.05) is 12.6 Å². The first-order valence-electron chi connectivity index (χ1n) is 6.01. The Morgan fingerprint density at radius 3 is 2.78 bits per heavy atom. The highest BCUT2D eigenvalue weighted by atomic mass is 16.5. The van der Waals surface area contributed by atoms with E-state index >= 15 is 0 Å². The number of carbonyl (C=O) groups is 1. The van der Waals surface area contributed by atoms with Crippen LogP contribution in [0, 0.1) is 6.92 Å². The second-order valence-electron chi connectivity index (χ2n) is 4.45. The van der Waals surface area contributed by atoms with Gasteiger partial charge in [0.15, 0.2) is 0 Å². The SMILES string of the molecule is CC(=O)CC(Oc1cccc(C)c1)c1ccc[nH]1. The monoisotopic (exact) mass is 243 g/mol. The minimum absolute atomic E-state index is 0.113. The van der Waals surface area contributed by atoms with Crippen molar-refractivity contribution in [1.82, 2.24) is 4.98 Å². The Hall–Kier alpha value is -2.03. The zero-order valence-corrected chi connectivity index (χ0v) is 10.6. The van der Waals surface area contributed by atoms with Crippen LogP contribution in [-0.4, -0.2) is 10.8 Å². The Morgan fingerprint density at radius 1 is 1.33 bits per heavy atom. The summed E-state index contributed by atoms with van der Waals surface area (Å²) < 4.78 is 5.90. The molecule has 1 aromatic heterocycles. The molecule has 0 fully saturated rings. The number of aromatic amines is 1. The second kappa shape index (κ2) is 5.54. The van der Waals surface area contributed by atoms with E-state index in [1.54, 1.807) is 6.92 Å². The van der Waals surface area contributed by atoms with Crippen LogP contribution in [0.15, 0.2) is 42.6 Å². The van der Waals surface area contributed by atoms with Crippen LogP contribution in [0.5, 0.6) is 5.75 Å². The largest absolute Gasteiger partial charge is 0.484 e. The molecule has 1 aromatic carbocycles. The van der Waals surface area contributed by atoms with Crippen molar-refractivity contribution in [2.45, 2.75) is 26.4 Å². The van der Waals surface area contributed by atoms with Crippen molar-refractivity contribution in [2.75, 3.05) is 0 Å². The minimum Gasteiger partial charge on any atom is -0.484 e. The molecule has 0 aliphatic carbocycles. The number of ether oxygens (including phenoxy) is 1. The molecule has 2 rings (SSSR count). The molecule has 3 nitrogen and oxygen atoms in total. The average Bonchev–Trinajstić information content (AvgIpc) is 2.80. The van der Waals surface area contributed by atoms with E-state index in [9.17, 15) is 4.79 Å². The first kappa shape index (κ1) is 12.4. The maximum atomic E-state index is 11.3. The number of aromatic nitrogens is 1. The van der Waals surface area contributed by atoms with Crippen LogP contribution in [0.3, 0.4) is 0 Å². The molecular formula is C15H17NO2. The summed E-state index contributed by atoms with van der Waals surface area (Å²) in [4.78, 5) is 14.4. The van der Waals surface area contributed by atoms with Gasteiger partial charge in [0.25, 0.3) is 0 Å². The Bertz CT molecular complexity index is 517. The topological polar surface area (TPSA) is 42.1 Å². The van der Waals surface area contributed by atoms with Gasteiger partial charge in [-0.1, -0.05) is 12.1 Å². The highest BCUT2D eigenvalue weighted by Gasteiger charge is 2.16. The van der Waals surface area contributed by atoms with Gasteiger partial charge in [0.1, 0.15) is 17.6 Å². The van der Waals surface area contributed by atoms with Crippen molar-refractivity contribution in [1.29, 1.82) is 0 Å². The molecule has 0 aliphatic rings. The van der Waals surface area contributed by atoms with Gasteiger partial charge >= 0.3 is 0 Å². The fraction of sp³-hybridized carbons (Fsp3) is 0.267. The van der Waals surface area contributed by atoms with Crippen LogP contribution in [0.1, 0.15) is 30.7 Å². The lowest BCUT2D eigenvalue weighted by Crippen LogP contribution is -2.12. The Labute approximate surface area is 107 Å². The number of benzene rings is 1. The quantitative estimate of drug-likeness (QED) is 0.874. The summed E-state index contributed by atoms with van der Waals surface area (Å²) in [5.74, 6) is 0.901. The molecule has 0 saturated heterocycles. The van der Waals surface area contributed by atoms with Crippen molar-refractivity contribution in [3.05, 3.63) is 53.9 Å². The molecule has 0 bridgehead atoms. The van der Waals surface area contributed by atoms with Crippen molar-refractivity contribution in [2.24, 2.45) is 0 Å². The van der Waals surface area contributed by atoms with Crippen LogP contribution in [0.25, 0.3) is 0 Å². The number of Topliss-reactive ketones (excluding diaryl/α,β-unsaturated/α-hetero) is 1. The van der Waals surface area contributed by atoms with Crippen LogP contribution in [0.4, 0.5) is 0 Å². The third-order valence-corrected chi connectivity index (χ3v) is 2.71. The number of ketones is 1. The molecule has 3 heteroatoms. The predicted octanol–water partition coefficient (Wildman–Crippen LogP) is 3.42. The van der Waals surface area contributed by atoms with E-state index < -0.39 is 0 Å². The van der Waals surface area contributed by atoms with Crippen LogP contribution >= 0.6 is 0 Å². The second-order valence-corrected chi connectivity index (χ2v) is 4.45. The Kier molecular flexibility index (Phi) is 3.82. The average molecular weight is 243 g/mol. The number of carbonyl (C=O) groups excluding carboxylic acids is 1. The van der Waals surface area contributed by atoms with E-state index in [1.807, 2.05) is 49.5 Å². The maximum absolute atomic E-state index is 11.3. The van der Waals surface area contributed by atoms with Crippen LogP contribution in [-0.2, 0) is 4.79 Å². The number of aryl methyl sites for hydroxylation is 1. The molecule has 1 heterocycles. The first-order chi connectivity index (χ1) is 8.65. The number of hydrogen-bond donors (Lipinski definition) is 1. The highest BCUT2D eigenvalue weighted by Crippen LogP contribution is 2.24. The predicted molar refractivity (Wildman–Crippen MR) is 70.6 cm³/mol. The Morgan fingerprint density at radius 2 is 2.17 bits per heavy atom. The number of rotatable bonds is 5. The van der Waals surface area contributed by atoms with Crippen molar-refractivity contribution in [3.8, 4) is 5.75 Å². The summed E-state index contributed by atoms with van der Waals surface area (Å²) in [7, 11) is 0. The van der Waals surface area contributed by atoms with Crippen molar-refractivity contribution >= 4 is 5.78 Å². The summed E-state index contributed by atoms with van der Waals surface area (Å²) in [6, 6.07) is 11.7. The molecule has 1 unspecified atom stereocenters. The minimum atomic E-state index is -0.251. The van der Waals surface area contributed by atoms with Gasteiger partial charge < -0.3 is 9.72 Å². The smallest absolute Gasteiger partial charge is 0.145 e. The zero-order chi connectivity index (χ0) is 13.0. The third-order valence-electron chi connectivity index (χ3n) is 2.71. The summed E-state index contributed by atoms with van der Waals surface area (Å²) in [6.07, 6.45) is 1.95. The van der Waals surface area contributed by atoms with Gasteiger partial charge in [0.2, 0.25) is 0 Å². The summed E-state index contributed by atoms with van der Waals surface area (Å²) in [5.41, 5.74) is 2.06. The van der Waals surface area contributed by atoms with E-state index in [-0.39, 0.29) is 11.9 Å². The zero-order valence-electron chi connectivity index (χ0n) is 10.6.